The van der Waals surface area contributed by atoms with Gasteiger partial charge in [-0.3, -0.25) is 4.79 Å². The number of hydrogen-bond acceptors (Lipinski definition) is 3. The highest BCUT2D eigenvalue weighted by Gasteiger charge is 2.17. The van der Waals surface area contributed by atoms with E-state index >= 15 is 0 Å². The number of nitrogens with one attached hydrogen (secondary N) is 2. The van der Waals surface area contributed by atoms with Crippen LogP contribution in [0.15, 0.2) is 0 Å². The fourth-order valence-corrected chi connectivity index (χ4v) is 2.70. The number of carbonyl (C=O) groups is 2. The molecule has 0 aromatic carbocycles. The standard InChI is InChI=1S/C15H29N3O3/c1-18-10-6-7-13(12-18)11-17-15(21)16-9-5-3-2-4-8-14(19)20/h13H,2-12H2,1H3,(H,19,20)(H2,16,17,21). The molecule has 1 fully saturated rings. The molecule has 0 spiro atoms. The Kier molecular flexibility index (Phi) is 8.82. The molecular weight excluding hydrogens is 270 g/mol. The molecule has 1 unspecified atom stereocenters. The van der Waals surface area contributed by atoms with Crippen LogP contribution >= 0.6 is 0 Å². The van der Waals surface area contributed by atoms with E-state index < -0.39 is 5.97 Å². The van der Waals surface area contributed by atoms with Crippen molar-refractivity contribution < 1.29 is 14.7 Å². The molecule has 0 aromatic heterocycles. The molecule has 21 heavy (non-hydrogen) atoms. The Morgan fingerprint density at radius 3 is 2.67 bits per heavy atom. The third-order valence-corrected chi connectivity index (χ3v) is 3.88. The smallest absolute Gasteiger partial charge is 0.314 e. The molecule has 0 aliphatic carbocycles. The van der Waals surface area contributed by atoms with Gasteiger partial charge in [-0.25, -0.2) is 4.79 Å². The lowest BCUT2D eigenvalue weighted by molar-refractivity contribution is -0.137. The second kappa shape index (κ2) is 10.4. The molecule has 6 heteroatoms. The lowest BCUT2D eigenvalue weighted by atomic mass is 9.99. The van der Waals surface area contributed by atoms with Gasteiger partial charge in [0.2, 0.25) is 0 Å². The third-order valence-electron chi connectivity index (χ3n) is 3.88. The molecule has 1 heterocycles. The number of hydrogen-bond donors (Lipinski definition) is 3. The second-order valence-electron chi connectivity index (χ2n) is 5.97. The van der Waals surface area contributed by atoms with Crippen molar-refractivity contribution in [2.75, 3.05) is 33.2 Å². The van der Waals surface area contributed by atoms with Gasteiger partial charge in [0.15, 0.2) is 0 Å². The van der Waals surface area contributed by atoms with Crippen LogP contribution in [-0.4, -0.2) is 55.2 Å². The van der Waals surface area contributed by atoms with Gasteiger partial charge in [-0.05, 0) is 45.2 Å². The third kappa shape index (κ3) is 9.28. The van der Waals surface area contributed by atoms with E-state index in [9.17, 15) is 9.59 Å². The molecule has 6 nitrogen and oxygen atoms in total. The lowest BCUT2D eigenvalue weighted by Crippen LogP contribution is -2.42. The molecule has 122 valence electrons. The van der Waals surface area contributed by atoms with Crippen molar-refractivity contribution in [3.8, 4) is 0 Å². The normalized spacial score (nSPS) is 19.2. The van der Waals surface area contributed by atoms with E-state index in [-0.39, 0.29) is 12.5 Å². The van der Waals surface area contributed by atoms with Crippen molar-refractivity contribution in [2.45, 2.75) is 44.9 Å². The van der Waals surface area contributed by atoms with E-state index in [1.807, 2.05) is 0 Å². The first kappa shape index (κ1) is 17.8. The molecular formula is C15H29N3O3. The highest BCUT2D eigenvalue weighted by atomic mass is 16.4. The monoisotopic (exact) mass is 299 g/mol. The Morgan fingerprint density at radius 1 is 1.19 bits per heavy atom. The molecule has 1 rings (SSSR count). The molecule has 0 aromatic rings. The summed E-state index contributed by atoms with van der Waals surface area (Å²) in [6.07, 6.45) is 6.12. The number of piperidine rings is 1. The predicted octanol–water partition coefficient (Wildman–Crippen LogP) is 1.66. The van der Waals surface area contributed by atoms with Crippen LogP contribution in [0.4, 0.5) is 4.79 Å². The topological polar surface area (TPSA) is 81.7 Å². The van der Waals surface area contributed by atoms with Crippen LogP contribution < -0.4 is 10.6 Å². The summed E-state index contributed by atoms with van der Waals surface area (Å²) in [5.74, 6) is -0.175. The molecule has 2 amide bonds. The van der Waals surface area contributed by atoms with Crippen molar-refractivity contribution in [1.82, 2.24) is 15.5 Å². The van der Waals surface area contributed by atoms with Gasteiger partial charge in [0.05, 0.1) is 0 Å². The molecule has 1 aliphatic rings. The van der Waals surface area contributed by atoms with E-state index in [0.29, 0.717) is 12.5 Å². The molecule has 1 atom stereocenters. The van der Waals surface area contributed by atoms with Crippen LogP contribution in [-0.2, 0) is 4.79 Å². The Balaban J connectivity index is 1.93. The summed E-state index contributed by atoms with van der Waals surface area (Å²) in [6.45, 7) is 3.62. The van der Waals surface area contributed by atoms with Gasteiger partial charge in [-0.15, -0.1) is 0 Å². The number of amides is 2. The van der Waals surface area contributed by atoms with Crippen LogP contribution in [0.1, 0.15) is 44.9 Å². The zero-order valence-corrected chi connectivity index (χ0v) is 13.1. The fraction of sp³-hybridized carbons (Fsp3) is 0.867. The minimum absolute atomic E-state index is 0.0891. The average molecular weight is 299 g/mol. The Bertz CT molecular complexity index is 323. The molecule has 0 saturated carbocycles. The predicted molar refractivity (Wildman–Crippen MR) is 82.3 cm³/mol. The van der Waals surface area contributed by atoms with Crippen LogP contribution in [0, 0.1) is 5.92 Å². The summed E-state index contributed by atoms with van der Waals surface area (Å²) >= 11 is 0. The highest BCUT2D eigenvalue weighted by molar-refractivity contribution is 5.73. The minimum Gasteiger partial charge on any atom is -0.481 e. The number of unbranched alkanes of at least 4 members (excludes halogenated alkanes) is 3. The minimum atomic E-state index is -0.735. The molecule has 1 aliphatic heterocycles. The summed E-state index contributed by atoms with van der Waals surface area (Å²) in [6, 6.07) is -0.0891. The van der Waals surface area contributed by atoms with Crippen molar-refractivity contribution >= 4 is 12.0 Å². The number of carbonyl (C=O) groups excluding carboxylic acids is 1. The van der Waals surface area contributed by atoms with Crippen molar-refractivity contribution in [3.05, 3.63) is 0 Å². The maximum Gasteiger partial charge on any atom is 0.314 e. The number of likely N-dealkylation sites (tertiary alicyclic amines) is 1. The van der Waals surface area contributed by atoms with E-state index in [1.54, 1.807) is 0 Å². The first-order valence-corrected chi connectivity index (χ1v) is 8.00. The highest BCUT2D eigenvalue weighted by Crippen LogP contribution is 2.13. The van der Waals surface area contributed by atoms with Crippen molar-refractivity contribution in [1.29, 1.82) is 0 Å². The van der Waals surface area contributed by atoms with Gasteiger partial charge in [0, 0.05) is 26.1 Å². The Hall–Kier alpha value is -1.30. The first-order valence-electron chi connectivity index (χ1n) is 8.00. The number of carboxylic acids is 1. The fourth-order valence-electron chi connectivity index (χ4n) is 2.70. The summed E-state index contributed by atoms with van der Waals surface area (Å²) in [4.78, 5) is 24.3. The summed E-state index contributed by atoms with van der Waals surface area (Å²) < 4.78 is 0. The number of aliphatic carboxylic acids is 1. The van der Waals surface area contributed by atoms with Gasteiger partial charge in [-0.1, -0.05) is 12.8 Å². The maximum absolute atomic E-state index is 11.6. The largest absolute Gasteiger partial charge is 0.481 e. The Labute approximate surface area is 127 Å². The molecule has 3 N–H and O–H groups in total. The van der Waals surface area contributed by atoms with Crippen molar-refractivity contribution in [3.63, 3.8) is 0 Å². The van der Waals surface area contributed by atoms with Gasteiger partial charge in [0.25, 0.3) is 0 Å². The van der Waals surface area contributed by atoms with E-state index in [1.165, 1.54) is 12.8 Å². The van der Waals surface area contributed by atoms with E-state index in [4.69, 9.17) is 5.11 Å². The molecule has 0 radical (unpaired) electrons. The van der Waals surface area contributed by atoms with Gasteiger partial charge >= 0.3 is 12.0 Å². The van der Waals surface area contributed by atoms with Crippen molar-refractivity contribution in [2.24, 2.45) is 5.92 Å². The first-order chi connectivity index (χ1) is 10.1. The molecule has 1 saturated heterocycles. The second-order valence-corrected chi connectivity index (χ2v) is 5.97. The Morgan fingerprint density at radius 2 is 1.95 bits per heavy atom. The molecule has 0 bridgehead atoms. The summed E-state index contributed by atoms with van der Waals surface area (Å²) in [5, 5.41) is 14.3. The van der Waals surface area contributed by atoms with E-state index in [2.05, 4.69) is 22.6 Å². The number of rotatable bonds is 9. The maximum atomic E-state index is 11.6. The number of urea groups is 1. The van der Waals surface area contributed by atoms with Crippen LogP contribution in [0.3, 0.4) is 0 Å². The zero-order valence-electron chi connectivity index (χ0n) is 13.1. The van der Waals surface area contributed by atoms with Crippen LogP contribution in [0.2, 0.25) is 0 Å². The SMILES string of the molecule is CN1CCCC(CNC(=O)NCCCCCCC(=O)O)C1. The summed E-state index contributed by atoms with van der Waals surface area (Å²) in [7, 11) is 2.12. The zero-order chi connectivity index (χ0) is 15.5. The lowest BCUT2D eigenvalue weighted by Gasteiger charge is -2.29. The summed E-state index contributed by atoms with van der Waals surface area (Å²) in [5.41, 5.74) is 0. The van der Waals surface area contributed by atoms with Gasteiger partial charge < -0.3 is 20.6 Å². The van der Waals surface area contributed by atoms with Gasteiger partial charge in [-0.2, -0.15) is 0 Å². The quantitative estimate of drug-likeness (QED) is 0.566. The average Bonchev–Trinajstić information content (AvgIpc) is 2.44. The van der Waals surface area contributed by atoms with E-state index in [0.717, 1.165) is 45.3 Å². The number of nitrogens with zero attached hydrogens (tertiary/aromatic N) is 1. The van der Waals surface area contributed by atoms with Crippen LogP contribution in [0.25, 0.3) is 0 Å². The van der Waals surface area contributed by atoms with Gasteiger partial charge in [0.1, 0.15) is 0 Å². The number of carboxylic acid groups (broad SMARTS) is 1. The van der Waals surface area contributed by atoms with Crippen LogP contribution in [0.5, 0.6) is 0 Å².